The third kappa shape index (κ3) is 4.46. The van der Waals surface area contributed by atoms with E-state index in [-0.39, 0.29) is 17.3 Å². The van der Waals surface area contributed by atoms with Crippen molar-refractivity contribution in [3.05, 3.63) is 18.2 Å². The first-order chi connectivity index (χ1) is 8.90. The van der Waals surface area contributed by atoms with Crippen LogP contribution in [0, 0.1) is 5.41 Å². The van der Waals surface area contributed by atoms with Gasteiger partial charge in [0.25, 0.3) is 0 Å². The highest BCUT2D eigenvalue weighted by atomic mass is 16.5. The molecule has 0 aliphatic heterocycles. The lowest BCUT2D eigenvalue weighted by atomic mass is 9.85. The van der Waals surface area contributed by atoms with Crippen molar-refractivity contribution in [2.24, 2.45) is 5.41 Å². The van der Waals surface area contributed by atoms with E-state index in [2.05, 4.69) is 11.9 Å². The van der Waals surface area contributed by atoms with Crippen LogP contribution in [0.5, 0.6) is 0 Å². The number of ketones is 1. The number of carbonyl (C=O) groups is 1. The molecule has 1 unspecified atom stereocenters. The Morgan fingerprint density at radius 1 is 1.42 bits per heavy atom. The predicted molar refractivity (Wildman–Crippen MR) is 76.1 cm³/mol. The molecule has 1 heterocycles. The fourth-order valence-electron chi connectivity index (χ4n) is 2.19. The zero-order valence-electron chi connectivity index (χ0n) is 12.8. The van der Waals surface area contributed by atoms with E-state index in [1.807, 2.05) is 38.5 Å². The number of carbonyl (C=O) groups excluding carboxylic acids is 1. The fourth-order valence-corrected chi connectivity index (χ4v) is 2.19. The predicted octanol–water partition coefficient (Wildman–Crippen LogP) is 2.86. The molecule has 4 heteroatoms. The topological polar surface area (TPSA) is 44.1 Å². The van der Waals surface area contributed by atoms with Crippen LogP contribution in [0.4, 0.5) is 0 Å². The summed E-state index contributed by atoms with van der Waals surface area (Å²) in [5, 5.41) is 0. The number of hydrogen-bond donors (Lipinski definition) is 0. The van der Waals surface area contributed by atoms with Gasteiger partial charge in [0.1, 0.15) is 11.9 Å². The molecule has 0 fully saturated rings. The summed E-state index contributed by atoms with van der Waals surface area (Å²) >= 11 is 0. The molecule has 0 N–H and O–H groups in total. The molecule has 1 rings (SSSR count). The van der Waals surface area contributed by atoms with Crippen molar-refractivity contribution in [2.75, 3.05) is 6.61 Å². The van der Waals surface area contributed by atoms with Crippen LogP contribution in [0.25, 0.3) is 0 Å². The molecular formula is C15H26N2O2. The molecule has 0 amide bonds. The fraction of sp³-hybridized carbons (Fsp3) is 0.733. The summed E-state index contributed by atoms with van der Waals surface area (Å²) in [5.74, 6) is 0.943. The molecule has 0 aromatic carbocycles. The van der Waals surface area contributed by atoms with E-state index in [1.54, 1.807) is 6.20 Å². The second-order valence-electron chi connectivity index (χ2n) is 5.88. The standard InChI is InChI=1S/C15H26N2O2/c1-6-9-17-10-8-16-13(17)11-12(18)14(19-7-2)15(3,4)5/h8,10,14H,6-7,9,11H2,1-5H3. The highest BCUT2D eigenvalue weighted by Crippen LogP contribution is 2.24. The maximum atomic E-state index is 12.4. The average molecular weight is 266 g/mol. The van der Waals surface area contributed by atoms with E-state index >= 15 is 0 Å². The number of aromatic nitrogens is 2. The van der Waals surface area contributed by atoms with Crippen LogP contribution in [0.15, 0.2) is 12.4 Å². The molecule has 0 aliphatic rings. The minimum atomic E-state index is -0.371. The van der Waals surface area contributed by atoms with Gasteiger partial charge < -0.3 is 9.30 Å². The van der Waals surface area contributed by atoms with Gasteiger partial charge in [-0.2, -0.15) is 0 Å². The summed E-state index contributed by atoms with van der Waals surface area (Å²) in [7, 11) is 0. The SMILES string of the molecule is CCCn1ccnc1CC(=O)C(OCC)C(C)(C)C. The van der Waals surface area contributed by atoms with Crippen LogP contribution < -0.4 is 0 Å². The van der Waals surface area contributed by atoms with E-state index in [4.69, 9.17) is 4.74 Å². The van der Waals surface area contributed by atoms with E-state index in [0.29, 0.717) is 13.0 Å². The quantitative estimate of drug-likeness (QED) is 0.762. The zero-order valence-corrected chi connectivity index (χ0v) is 12.8. The maximum absolute atomic E-state index is 12.4. The second-order valence-corrected chi connectivity index (χ2v) is 5.88. The van der Waals surface area contributed by atoms with Gasteiger partial charge in [-0.3, -0.25) is 4.79 Å². The average Bonchev–Trinajstić information content (AvgIpc) is 2.72. The number of ether oxygens (including phenoxy) is 1. The normalized spacial score (nSPS) is 13.5. The Bertz CT molecular complexity index is 405. The molecular weight excluding hydrogens is 240 g/mol. The van der Waals surface area contributed by atoms with Crippen molar-refractivity contribution in [3.8, 4) is 0 Å². The number of rotatable bonds is 7. The number of hydrogen-bond acceptors (Lipinski definition) is 3. The maximum Gasteiger partial charge on any atom is 0.169 e. The largest absolute Gasteiger partial charge is 0.370 e. The number of nitrogens with zero attached hydrogens (tertiary/aromatic N) is 2. The first-order valence-electron chi connectivity index (χ1n) is 7.04. The first-order valence-corrected chi connectivity index (χ1v) is 7.04. The smallest absolute Gasteiger partial charge is 0.169 e. The molecule has 0 spiro atoms. The lowest BCUT2D eigenvalue weighted by Gasteiger charge is -2.29. The Balaban J connectivity index is 2.78. The van der Waals surface area contributed by atoms with E-state index in [9.17, 15) is 4.79 Å². The van der Waals surface area contributed by atoms with Crippen LogP contribution in [0.1, 0.15) is 46.9 Å². The van der Waals surface area contributed by atoms with E-state index < -0.39 is 0 Å². The van der Waals surface area contributed by atoms with Crippen molar-refractivity contribution in [2.45, 2.75) is 60.1 Å². The number of imidazole rings is 1. The van der Waals surface area contributed by atoms with Crippen molar-refractivity contribution >= 4 is 5.78 Å². The highest BCUT2D eigenvalue weighted by molar-refractivity contribution is 5.85. The van der Waals surface area contributed by atoms with Gasteiger partial charge >= 0.3 is 0 Å². The van der Waals surface area contributed by atoms with Gasteiger partial charge in [-0.1, -0.05) is 27.7 Å². The highest BCUT2D eigenvalue weighted by Gasteiger charge is 2.32. The number of aryl methyl sites for hydroxylation is 1. The van der Waals surface area contributed by atoms with Crippen LogP contribution in [-0.2, 0) is 22.5 Å². The number of Topliss-reactive ketones (excluding diaryl/α,β-unsaturated/α-hetero) is 1. The Morgan fingerprint density at radius 3 is 2.63 bits per heavy atom. The Labute approximate surface area is 116 Å². The zero-order chi connectivity index (χ0) is 14.5. The minimum Gasteiger partial charge on any atom is -0.370 e. The summed E-state index contributed by atoms with van der Waals surface area (Å²) in [6.45, 7) is 11.6. The van der Waals surface area contributed by atoms with Crippen molar-refractivity contribution < 1.29 is 9.53 Å². The molecule has 0 radical (unpaired) electrons. The lowest BCUT2D eigenvalue weighted by Crippen LogP contribution is -2.38. The van der Waals surface area contributed by atoms with Gasteiger partial charge in [0.05, 0.1) is 6.42 Å². The van der Waals surface area contributed by atoms with Crippen LogP contribution in [0.2, 0.25) is 0 Å². The second kappa shape index (κ2) is 6.85. The summed E-state index contributed by atoms with van der Waals surface area (Å²) in [6.07, 6.45) is 4.69. The van der Waals surface area contributed by atoms with Crippen LogP contribution in [0.3, 0.4) is 0 Å². The Kier molecular flexibility index (Phi) is 5.73. The summed E-state index contributed by atoms with van der Waals surface area (Å²) < 4.78 is 7.68. The summed E-state index contributed by atoms with van der Waals surface area (Å²) in [6, 6.07) is 0. The lowest BCUT2D eigenvalue weighted by molar-refractivity contribution is -0.136. The van der Waals surface area contributed by atoms with Crippen molar-refractivity contribution in [3.63, 3.8) is 0 Å². The molecule has 19 heavy (non-hydrogen) atoms. The first kappa shape index (κ1) is 15.9. The van der Waals surface area contributed by atoms with Gasteiger partial charge in [-0.05, 0) is 18.8 Å². The molecule has 0 aliphatic carbocycles. The van der Waals surface area contributed by atoms with E-state index in [1.165, 1.54) is 0 Å². The molecule has 4 nitrogen and oxygen atoms in total. The van der Waals surface area contributed by atoms with Crippen molar-refractivity contribution in [1.29, 1.82) is 0 Å². The summed E-state index contributed by atoms with van der Waals surface area (Å²) in [5.41, 5.74) is -0.185. The summed E-state index contributed by atoms with van der Waals surface area (Å²) in [4.78, 5) is 16.7. The molecule has 108 valence electrons. The van der Waals surface area contributed by atoms with Gasteiger partial charge in [0.15, 0.2) is 5.78 Å². The monoisotopic (exact) mass is 266 g/mol. The van der Waals surface area contributed by atoms with Gasteiger partial charge in [0, 0.05) is 25.5 Å². The van der Waals surface area contributed by atoms with Gasteiger partial charge in [0.2, 0.25) is 0 Å². The molecule has 0 saturated heterocycles. The minimum absolute atomic E-state index is 0.109. The molecule has 0 bridgehead atoms. The Morgan fingerprint density at radius 2 is 2.11 bits per heavy atom. The van der Waals surface area contributed by atoms with Gasteiger partial charge in [-0.25, -0.2) is 4.98 Å². The molecule has 1 aromatic heterocycles. The van der Waals surface area contributed by atoms with Gasteiger partial charge in [-0.15, -0.1) is 0 Å². The molecule has 1 atom stereocenters. The third-order valence-electron chi connectivity index (χ3n) is 3.01. The molecule has 0 saturated carbocycles. The Hall–Kier alpha value is -1.16. The van der Waals surface area contributed by atoms with Crippen LogP contribution >= 0.6 is 0 Å². The molecule has 1 aromatic rings. The van der Waals surface area contributed by atoms with Crippen LogP contribution in [-0.4, -0.2) is 28.0 Å². The third-order valence-corrected chi connectivity index (χ3v) is 3.01. The van der Waals surface area contributed by atoms with Crippen molar-refractivity contribution in [1.82, 2.24) is 9.55 Å². The van der Waals surface area contributed by atoms with E-state index in [0.717, 1.165) is 18.8 Å².